The van der Waals surface area contributed by atoms with Crippen molar-refractivity contribution in [2.45, 2.75) is 26.2 Å². The van der Waals surface area contributed by atoms with Crippen LogP contribution in [0.2, 0.25) is 0 Å². The summed E-state index contributed by atoms with van der Waals surface area (Å²) in [6, 6.07) is 4.55. The minimum atomic E-state index is -0.489. The molecule has 5 nitrogen and oxygen atoms in total. The number of ketones is 1. The molecule has 0 saturated carbocycles. The predicted octanol–water partition coefficient (Wildman–Crippen LogP) is 2.69. The maximum Gasteiger partial charge on any atom is 0.277 e. The summed E-state index contributed by atoms with van der Waals surface area (Å²) in [5.41, 5.74) is 0.362. The van der Waals surface area contributed by atoms with Gasteiger partial charge in [-0.25, -0.2) is 0 Å². The van der Waals surface area contributed by atoms with Crippen molar-refractivity contribution in [2.75, 3.05) is 7.11 Å². The third-order valence-corrected chi connectivity index (χ3v) is 2.73. The third-order valence-electron chi connectivity index (χ3n) is 2.73. The Morgan fingerprint density at radius 2 is 2.18 bits per heavy atom. The molecular formula is C12H15NO4. The number of nitro benzene ring substituents is 1. The Labute approximate surface area is 99.5 Å². The second-order valence-corrected chi connectivity index (χ2v) is 3.72. The molecule has 0 spiro atoms. The number of carbonyl (C=O) groups excluding carboxylic acids is 1. The van der Waals surface area contributed by atoms with E-state index >= 15 is 0 Å². The summed E-state index contributed by atoms with van der Waals surface area (Å²) in [4.78, 5) is 22.0. The monoisotopic (exact) mass is 237 g/mol. The van der Waals surface area contributed by atoms with E-state index in [-0.39, 0.29) is 11.5 Å². The first-order valence-electron chi connectivity index (χ1n) is 5.36. The highest BCUT2D eigenvalue weighted by Gasteiger charge is 2.23. The molecule has 1 aromatic rings. The summed E-state index contributed by atoms with van der Waals surface area (Å²) in [5, 5.41) is 10.9. The zero-order valence-electron chi connectivity index (χ0n) is 10.1. The zero-order valence-corrected chi connectivity index (χ0v) is 10.1. The Hall–Kier alpha value is -1.91. The number of hydrogen-bond donors (Lipinski definition) is 0. The van der Waals surface area contributed by atoms with Crippen LogP contribution in [0.1, 0.15) is 31.7 Å². The van der Waals surface area contributed by atoms with E-state index in [0.717, 1.165) is 0 Å². The van der Waals surface area contributed by atoms with E-state index < -0.39 is 10.8 Å². The predicted molar refractivity (Wildman–Crippen MR) is 63.4 cm³/mol. The molecule has 0 saturated heterocycles. The third kappa shape index (κ3) is 2.81. The van der Waals surface area contributed by atoms with Gasteiger partial charge < -0.3 is 4.74 Å². The van der Waals surface area contributed by atoms with E-state index in [0.29, 0.717) is 17.7 Å². The summed E-state index contributed by atoms with van der Waals surface area (Å²) in [7, 11) is 1.44. The van der Waals surface area contributed by atoms with Crippen molar-refractivity contribution in [1.29, 1.82) is 0 Å². The van der Waals surface area contributed by atoms with Crippen molar-refractivity contribution < 1.29 is 14.5 Å². The number of rotatable bonds is 5. The highest BCUT2D eigenvalue weighted by atomic mass is 16.6. The largest absolute Gasteiger partial charge is 0.497 e. The van der Waals surface area contributed by atoms with Gasteiger partial charge >= 0.3 is 0 Å². The lowest BCUT2D eigenvalue weighted by molar-refractivity contribution is -0.385. The molecule has 0 heterocycles. The maximum atomic E-state index is 11.6. The lowest BCUT2D eigenvalue weighted by atomic mass is 9.94. The smallest absolute Gasteiger partial charge is 0.277 e. The van der Waals surface area contributed by atoms with Gasteiger partial charge in [0.05, 0.1) is 18.1 Å². The van der Waals surface area contributed by atoms with Gasteiger partial charge in [0.25, 0.3) is 5.69 Å². The standard InChI is InChI=1S/C12H15NO4/c1-4-12(14)8(2)10-6-5-9(17-3)7-11(10)13(15)16/h5-8H,4H2,1-3H3. The summed E-state index contributed by atoms with van der Waals surface area (Å²) in [5.74, 6) is -0.0684. The van der Waals surface area contributed by atoms with Crippen LogP contribution in [-0.4, -0.2) is 17.8 Å². The average molecular weight is 237 g/mol. The van der Waals surface area contributed by atoms with E-state index in [4.69, 9.17) is 4.74 Å². The van der Waals surface area contributed by atoms with Crippen LogP contribution in [0.25, 0.3) is 0 Å². The van der Waals surface area contributed by atoms with Gasteiger partial charge in [-0.2, -0.15) is 0 Å². The fourth-order valence-corrected chi connectivity index (χ4v) is 1.65. The number of carbonyl (C=O) groups is 1. The van der Waals surface area contributed by atoms with Gasteiger partial charge in [0, 0.05) is 17.9 Å². The second kappa shape index (κ2) is 5.43. The summed E-state index contributed by atoms with van der Waals surface area (Å²) in [6.45, 7) is 3.43. The number of hydrogen-bond acceptors (Lipinski definition) is 4. The Balaban J connectivity index is 3.23. The van der Waals surface area contributed by atoms with Crippen LogP contribution in [0.5, 0.6) is 5.75 Å². The van der Waals surface area contributed by atoms with Gasteiger partial charge in [0.15, 0.2) is 0 Å². The first-order valence-corrected chi connectivity index (χ1v) is 5.36. The Bertz CT molecular complexity index is 442. The van der Waals surface area contributed by atoms with E-state index in [9.17, 15) is 14.9 Å². The summed E-state index contributed by atoms with van der Waals surface area (Å²) >= 11 is 0. The van der Waals surface area contributed by atoms with Crippen LogP contribution in [-0.2, 0) is 4.79 Å². The highest BCUT2D eigenvalue weighted by molar-refractivity contribution is 5.86. The minimum absolute atomic E-state index is 0.0155. The molecule has 0 radical (unpaired) electrons. The molecule has 0 fully saturated rings. The minimum Gasteiger partial charge on any atom is -0.497 e. The van der Waals surface area contributed by atoms with Crippen LogP contribution in [0.15, 0.2) is 18.2 Å². The van der Waals surface area contributed by atoms with E-state index in [2.05, 4.69) is 0 Å². The fourth-order valence-electron chi connectivity index (χ4n) is 1.65. The van der Waals surface area contributed by atoms with Gasteiger partial charge in [-0.3, -0.25) is 14.9 Å². The van der Waals surface area contributed by atoms with Gasteiger partial charge in [0.1, 0.15) is 11.5 Å². The molecule has 0 aliphatic carbocycles. The first kappa shape index (κ1) is 13.2. The average Bonchev–Trinajstić information content (AvgIpc) is 2.35. The number of methoxy groups -OCH3 is 1. The van der Waals surface area contributed by atoms with Crippen molar-refractivity contribution in [3.63, 3.8) is 0 Å². The highest BCUT2D eigenvalue weighted by Crippen LogP contribution is 2.31. The van der Waals surface area contributed by atoms with Crippen LogP contribution >= 0.6 is 0 Å². The normalized spacial score (nSPS) is 11.9. The molecule has 1 aromatic carbocycles. The second-order valence-electron chi connectivity index (χ2n) is 3.72. The van der Waals surface area contributed by atoms with Crippen LogP contribution in [0.4, 0.5) is 5.69 Å². The van der Waals surface area contributed by atoms with E-state index in [1.807, 2.05) is 0 Å². The van der Waals surface area contributed by atoms with Crippen molar-refractivity contribution in [3.8, 4) is 5.75 Å². The van der Waals surface area contributed by atoms with Crippen molar-refractivity contribution in [3.05, 3.63) is 33.9 Å². The molecule has 1 atom stereocenters. The SMILES string of the molecule is CCC(=O)C(C)c1ccc(OC)cc1[N+](=O)[O-]. The molecule has 5 heteroatoms. The van der Waals surface area contributed by atoms with Crippen molar-refractivity contribution in [1.82, 2.24) is 0 Å². The van der Waals surface area contributed by atoms with Crippen molar-refractivity contribution in [2.24, 2.45) is 0 Å². The molecule has 0 aliphatic rings. The van der Waals surface area contributed by atoms with E-state index in [1.165, 1.54) is 13.2 Å². The Morgan fingerprint density at radius 1 is 1.53 bits per heavy atom. The molecule has 1 unspecified atom stereocenters. The maximum absolute atomic E-state index is 11.6. The van der Waals surface area contributed by atoms with Crippen LogP contribution < -0.4 is 4.74 Å². The number of nitro groups is 1. The lowest BCUT2D eigenvalue weighted by Gasteiger charge is -2.11. The molecule has 0 aromatic heterocycles. The van der Waals surface area contributed by atoms with Crippen LogP contribution in [0, 0.1) is 10.1 Å². The van der Waals surface area contributed by atoms with Gasteiger partial charge in [-0.05, 0) is 12.1 Å². The zero-order chi connectivity index (χ0) is 13.0. The molecule has 0 bridgehead atoms. The first-order chi connectivity index (χ1) is 8.01. The number of ether oxygens (including phenoxy) is 1. The fraction of sp³-hybridized carbons (Fsp3) is 0.417. The summed E-state index contributed by atoms with van der Waals surface area (Å²) < 4.78 is 4.94. The summed E-state index contributed by atoms with van der Waals surface area (Å²) in [6.07, 6.45) is 0.365. The van der Waals surface area contributed by atoms with E-state index in [1.54, 1.807) is 26.0 Å². The molecule has 92 valence electrons. The van der Waals surface area contributed by atoms with Crippen LogP contribution in [0.3, 0.4) is 0 Å². The Morgan fingerprint density at radius 3 is 2.65 bits per heavy atom. The molecular weight excluding hydrogens is 222 g/mol. The lowest BCUT2D eigenvalue weighted by Crippen LogP contribution is -2.09. The van der Waals surface area contributed by atoms with Crippen molar-refractivity contribution >= 4 is 11.5 Å². The molecule has 17 heavy (non-hydrogen) atoms. The Kier molecular flexibility index (Phi) is 4.20. The molecule has 0 N–H and O–H groups in total. The quantitative estimate of drug-likeness (QED) is 0.583. The molecule has 0 amide bonds. The topological polar surface area (TPSA) is 69.4 Å². The van der Waals surface area contributed by atoms with Gasteiger partial charge in [0.2, 0.25) is 0 Å². The van der Waals surface area contributed by atoms with Gasteiger partial charge in [-0.15, -0.1) is 0 Å². The molecule has 1 rings (SSSR count). The number of nitrogens with zero attached hydrogens (tertiary/aromatic N) is 1. The molecule has 0 aliphatic heterocycles. The van der Waals surface area contributed by atoms with Gasteiger partial charge in [-0.1, -0.05) is 13.8 Å². The number of Topliss-reactive ketones (excluding diaryl/α,β-unsaturated/α-hetero) is 1. The number of benzene rings is 1.